The highest BCUT2D eigenvalue weighted by Crippen LogP contribution is 2.42. The van der Waals surface area contributed by atoms with Crippen LogP contribution in [-0.2, 0) is 0 Å². The zero-order chi connectivity index (χ0) is 15.1. The number of carboxylic acids is 1. The molecule has 2 aromatic heterocycles. The lowest BCUT2D eigenvalue weighted by Crippen LogP contribution is -2.08. The second-order valence-corrected chi connectivity index (χ2v) is 5.51. The number of rotatable bonds is 4. The molecule has 3 aromatic rings. The van der Waals surface area contributed by atoms with E-state index in [4.69, 9.17) is 0 Å². The quantitative estimate of drug-likeness (QED) is 0.803. The first-order chi connectivity index (χ1) is 10.8. The van der Waals surface area contributed by atoms with E-state index in [1.165, 1.54) is 6.20 Å². The number of para-hydroxylation sites is 2. The summed E-state index contributed by atoms with van der Waals surface area (Å²) in [7, 11) is 0. The molecule has 110 valence electrons. The standard InChI is InChI=1S/C17H15N3O2/c21-17(22)13-11-18-20(16(13)12-7-8-12)15-6-2-1-5-14(15)19-9-3-4-10-19/h1-6,9-12H,7-8H2,(H,21,22). The molecule has 0 unspecified atom stereocenters. The Bertz CT molecular complexity index is 829. The minimum atomic E-state index is -0.911. The smallest absolute Gasteiger partial charge is 0.339 e. The molecule has 22 heavy (non-hydrogen) atoms. The van der Waals surface area contributed by atoms with Gasteiger partial charge in [-0.15, -0.1) is 0 Å². The number of carboxylic acid groups (broad SMARTS) is 1. The number of nitrogens with zero attached hydrogens (tertiary/aromatic N) is 3. The van der Waals surface area contributed by atoms with Crippen molar-refractivity contribution in [3.8, 4) is 11.4 Å². The van der Waals surface area contributed by atoms with Gasteiger partial charge in [-0.3, -0.25) is 0 Å². The molecular weight excluding hydrogens is 278 g/mol. The lowest BCUT2D eigenvalue weighted by molar-refractivity contribution is 0.0695. The minimum Gasteiger partial charge on any atom is -0.478 e. The van der Waals surface area contributed by atoms with Gasteiger partial charge in [0.2, 0.25) is 0 Å². The number of carbonyl (C=O) groups is 1. The van der Waals surface area contributed by atoms with E-state index < -0.39 is 5.97 Å². The average molecular weight is 293 g/mol. The molecule has 0 saturated heterocycles. The average Bonchev–Trinajstić information content (AvgIpc) is 3.05. The van der Waals surface area contributed by atoms with Crippen molar-refractivity contribution in [1.29, 1.82) is 0 Å². The molecule has 1 aliphatic rings. The van der Waals surface area contributed by atoms with E-state index >= 15 is 0 Å². The van der Waals surface area contributed by atoms with Crippen LogP contribution in [0.4, 0.5) is 0 Å². The van der Waals surface area contributed by atoms with Crippen molar-refractivity contribution in [1.82, 2.24) is 14.3 Å². The van der Waals surface area contributed by atoms with E-state index in [-0.39, 0.29) is 0 Å². The fourth-order valence-corrected chi connectivity index (χ4v) is 2.82. The predicted molar refractivity (Wildman–Crippen MR) is 81.8 cm³/mol. The molecule has 1 fully saturated rings. The number of hydrogen-bond donors (Lipinski definition) is 1. The maximum absolute atomic E-state index is 11.5. The fourth-order valence-electron chi connectivity index (χ4n) is 2.82. The second kappa shape index (κ2) is 4.87. The van der Waals surface area contributed by atoms with E-state index in [0.29, 0.717) is 11.5 Å². The largest absolute Gasteiger partial charge is 0.478 e. The first-order valence-electron chi connectivity index (χ1n) is 7.29. The Morgan fingerprint density at radius 1 is 1.09 bits per heavy atom. The van der Waals surface area contributed by atoms with Crippen LogP contribution >= 0.6 is 0 Å². The van der Waals surface area contributed by atoms with Gasteiger partial charge in [0, 0.05) is 18.3 Å². The van der Waals surface area contributed by atoms with Crippen LogP contribution in [0.5, 0.6) is 0 Å². The maximum Gasteiger partial charge on any atom is 0.339 e. The number of aromatic carboxylic acids is 1. The van der Waals surface area contributed by atoms with Gasteiger partial charge in [-0.1, -0.05) is 12.1 Å². The summed E-state index contributed by atoms with van der Waals surface area (Å²) in [5, 5.41) is 13.8. The molecule has 1 N–H and O–H groups in total. The molecular formula is C17H15N3O2. The summed E-state index contributed by atoms with van der Waals surface area (Å²) in [6.45, 7) is 0. The van der Waals surface area contributed by atoms with Crippen LogP contribution < -0.4 is 0 Å². The lowest BCUT2D eigenvalue weighted by Gasteiger charge is -2.13. The summed E-state index contributed by atoms with van der Waals surface area (Å²) in [4.78, 5) is 11.5. The normalized spacial score (nSPS) is 14.2. The van der Waals surface area contributed by atoms with Gasteiger partial charge in [0.05, 0.1) is 23.3 Å². The molecule has 0 bridgehead atoms. The molecule has 5 heteroatoms. The molecule has 1 aliphatic carbocycles. The van der Waals surface area contributed by atoms with E-state index in [1.54, 1.807) is 4.68 Å². The Balaban J connectivity index is 1.92. The first kappa shape index (κ1) is 12.9. The van der Waals surface area contributed by atoms with Gasteiger partial charge in [-0.2, -0.15) is 5.10 Å². The molecule has 0 radical (unpaired) electrons. The van der Waals surface area contributed by atoms with Gasteiger partial charge >= 0.3 is 5.97 Å². The van der Waals surface area contributed by atoms with Crippen LogP contribution in [0.15, 0.2) is 55.0 Å². The van der Waals surface area contributed by atoms with Crippen molar-refractivity contribution in [3.63, 3.8) is 0 Å². The topological polar surface area (TPSA) is 60.0 Å². The zero-order valence-corrected chi connectivity index (χ0v) is 11.9. The zero-order valence-electron chi connectivity index (χ0n) is 11.9. The molecule has 0 atom stereocenters. The third-order valence-electron chi connectivity index (χ3n) is 3.99. The Morgan fingerprint density at radius 3 is 2.41 bits per heavy atom. The number of aromatic nitrogens is 3. The monoisotopic (exact) mass is 293 g/mol. The minimum absolute atomic E-state index is 0.298. The summed E-state index contributed by atoms with van der Waals surface area (Å²) < 4.78 is 3.80. The third-order valence-corrected chi connectivity index (χ3v) is 3.99. The Morgan fingerprint density at radius 2 is 1.77 bits per heavy atom. The van der Waals surface area contributed by atoms with E-state index in [1.807, 2.05) is 53.4 Å². The first-order valence-corrected chi connectivity index (χ1v) is 7.29. The highest BCUT2D eigenvalue weighted by molar-refractivity contribution is 5.89. The maximum atomic E-state index is 11.5. The Hall–Kier alpha value is -2.82. The predicted octanol–water partition coefficient (Wildman–Crippen LogP) is 3.24. The Labute approximate surface area is 127 Å². The highest BCUT2D eigenvalue weighted by Gasteiger charge is 2.33. The lowest BCUT2D eigenvalue weighted by atomic mass is 10.1. The fraction of sp³-hybridized carbons (Fsp3) is 0.176. The molecule has 1 saturated carbocycles. The number of benzene rings is 1. The van der Waals surface area contributed by atoms with E-state index in [0.717, 1.165) is 29.9 Å². The summed E-state index contributed by atoms with van der Waals surface area (Å²) in [6.07, 6.45) is 7.45. The molecule has 1 aromatic carbocycles. The molecule has 0 spiro atoms. The molecule has 2 heterocycles. The second-order valence-electron chi connectivity index (χ2n) is 5.51. The van der Waals surface area contributed by atoms with Crippen molar-refractivity contribution in [2.24, 2.45) is 0 Å². The molecule has 0 aliphatic heterocycles. The van der Waals surface area contributed by atoms with Crippen LogP contribution in [0, 0.1) is 0 Å². The SMILES string of the molecule is O=C(O)c1cnn(-c2ccccc2-n2cccc2)c1C1CC1. The van der Waals surface area contributed by atoms with E-state index in [9.17, 15) is 9.90 Å². The summed E-state index contributed by atoms with van der Waals surface area (Å²) in [6, 6.07) is 11.8. The van der Waals surface area contributed by atoms with Crippen LogP contribution in [0.3, 0.4) is 0 Å². The third kappa shape index (κ3) is 2.02. The van der Waals surface area contributed by atoms with Crippen molar-refractivity contribution >= 4 is 5.97 Å². The highest BCUT2D eigenvalue weighted by atomic mass is 16.4. The van der Waals surface area contributed by atoms with Crippen molar-refractivity contribution in [3.05, 3.63) is 66.2 Å². The van der Waals surface area contributed by atoms with Crippen molar-refractivity contribution < 1.29 is 9.90 Å². The molecule has 5 nitrogen and oxygen atoms in total. The van der Waals surface area contributed by atoms with Crippen molar-refractivity contribution in [2.75, 3.05) is 0 Å². The summed E-state index contributed by atoms with van der Waals surface area (Å²) >= 11 is 0. The molecule has 4 rings (SSSR count). The van der Waals surface area contributed by atoms with Gasteiger partial charge in [-0.25, -0.2) is 9.48 Å². The van der Waals surface area contributed by atoms with Crippen molar-refractivity contribution in [2.45, 2.75) is 18.8 Å². The van der Waals surface area contributed by atoms with Crippen LogP contribution in [0.1, 0.15) is 34.8 Å². The van der Waals surface area contributed by atoms with Gasteiger partial charge in [0.15, 0.2) is 0 Å². The van der Waals surface area contributed by atoms with E-state index in [2.05, 4.69) is 5.10 Å². The van der Waals surface area contributed by atoms with Gasteiger partial charge in [-0.05, 0) is 37.1 Å². The summed E-state index contributed by atoms with van der Waals surface area (Å²) in [5.74, 6) is -0.613. The number of hydrogen-bond acceptors (Lipinski definition) is 2. The van der Waals surface area contributed by atoms with Gasteiger partial charge in [0.25, 0.3) is 0 Å². The Kier molecular flexibility index (Phi) is 2.85. The van der Waals surface area contributed by atoms with Crippen LogP contribution in [-0.4, -0.2) is 25.4 Å². The van der Waals surface area contributed by atoms with Gasteiger partial charge < -0.3 is 9.67 Å². The summed E-state index contributed by atoms with van der Waals surface area (Å²) in [5.41, 5.74) is 3.00. The molecule has 0 amide bonds. The van der Waals surface area contributed by atoms with Gasteiger partial charge in [0.1, 0.15) is 5.56 Å². The van der Waals surface area contributed by atoms with Crippen LogP contribution in [0.25, 0.3) is 11.4 Å². The van der Waals surface area contributed by atoms with Crippen LogP contribution in [0.2, 0.25) is 0 Å².